The number of amides is 1. The third-order valence-electron chi connectivity index (χ3n) is 1.72. The summed E-state index contributed by atoms with van der Waals surface area (Å²) in [7, 11) is 0. The van der Waals surface area contributed by atoms with Gasteiger partial charge in [0.25, 0.3) is 5.91 Å². The molecule has 6 heteroatoms. The number of hydrogen-bond acceptors (Lipinski definition) is 3. The molecule has 0 aliphatic heterocycles. The van der Waals surface area contributed by atoms with Gasteiger partial charge in [0.2, 0.25) is 0 Å². The molecule has 14 heavy (non-hydrogen) atoms. The molecule has 1 amide bonds. The standard InChI is InChI=1S/C8H9N5O/c14-8(6-1-2-12-13-6)11-5-7-9-3-4-10-7/h1-4H,5H2,(H,9,10)(H,11,14)(H,12,13). The van der Waals surface area contributed by atoms with Gasteiger partial charge in [0.05, 0.1) is 6.54 Å². The molecule has 3 N–H and O–H groups in total. The van der Waals surface area contributed by atoms with E-state index in [1.54, 1.807) is 18.5 Å². The van der Waals surface area contributed by atoms with Gasteiger partial charge in [-0.1, -0.05) is 0 Å². The summed E-state index contributed by atoms with van der Waals surface area (Å²) < 4.78 is 0. The largest absolute Gasteiger partial charge is 0.347 e. The summed E-state index contributed by atoms with van der Waals surface area (Å²) in [6.07, 6.45) is 4.87. The summed E-state index contributed by atoms with van der Waals surface area (Å²) in [6.45, 7) is 0.380. The zero-order valence-electron chi connectivity index (χ0n) is 7.32. The highest BCUT2D eigenvalue weighted by atomic mass is 16.1. The highest BCUT2D eigenvalue weighted by molar-refractivity contribution is 5.91. The van der Waals surface area contributed by atoms with E-state index in [2.05, 4.69) is 25.5 Å². The summed E-state index contributed by atoms with van der Waals surface area (Å²) in [5, 5.41) is 8.94. The molecule has 2 aromatic rings. The summed E-state index contributed by atoms with van der Waals surface area (Å²) in [4.78, 5) is 18.2. The maximum Gasteiger partial charge on any atom is 0.269 e. The molecule has 0 radical (unpaired) electrons. The van der Waals surface area contributed by atoms with E-state index in [1.165, 1.54) is 6.20 Å². The predicted molar refractivity (Wildman–Crippen MR) is 48.3 cm³/mol. The minimum Gasteiger partial charge on any atom is -0.347 e. The van der Waals surface area contributed by atoms with E-state index in [9.17, 15) is 4.79 Å². The van der Waals surface area contributed by atoms with Crippen molar-refractivity contribution < 1.29 is 4.79 Å². The summed E-state index contributed by atoms with van der Waals surface area (Å²) >= 11 is 0. The fourth-order valence-corrected chi connectivity index (χ4v) is 1.04. The number of carbonyl (C=O) groups excluding carboxylic acids is 1. The predicted octanol–water partition coefficient (Wildman–Crippen LogP) is 0.0628. The lowest BCUT2D eigenvalue weighted by Crippen LogP contribution is -2.23. The van der Waals surface area contributed by atoms with Crippen molar-refractivity contribution >= 4 is 5.91 Å². The molecule has 0 aliphatic carbocycles. The fourth-order valence-electron chi connectivity index (χ4n) is 1.04. The third-order valence-corrected chi connectivity index (χ3v) is 1.72. The molecule has 0 spiro atoms. The molecule has 2 heterocycles. The van der Waals surface area contributed by atoms with Gasteiger partial charge in [0.1, 0.15) is 11.5 Å². The van der Waals surface area contributed by atoms with E-state index >= 15 is 0 Å². The van der Waals surface area contributed by atoms with Gasteiger partial charge in [-0.05, 0) is 6.07 Å². The number of rotatable bonds is 3. The zero-order valence-corrected chi connectivity index (χ0v) is 7.32. The van der Waals surface area contributed by atoms with Crippen molar-refractivity contribution in [1.82, 2.24) is 25.5 Å². The Balaban J connectivity index is 1.90. The Hall–Kier alpha value is -2.11. The lowest BCUT2D eigenvalue weighted by atomic mass is 10.4. The molecular formula is C8H9N5O. The normalized spacial score (nSPS) is 10.0. The molecule has 0 saturated heterocycles. The van der Waals surface area contributed by atoms with Crippen LogP contribution in [-0.2, 0) is 6.54 Å². The van der Waals surface area contributed by atoms with E-state index < -0.39 is 0 Å². The van der Waals surface area contributed by atoms with Gasteiger partial charge in [0, 0.05) is 18.6 Å². The van der Waals surface area contributed by atoms with Gasteiger partial charge in [-0.15, -0.1) is 0 Å². The Bertz CT molecular complexity index is 391. The Morgan fingerprint density at radius 2 is 2.43 bits per heavy atom. The second-order valence-corrected chi connectivity index (χ2v) is 2.69. The van der Waals surface area contributed by atoms with Gasteiger partial charge < -0.3 is 10.3 Å². The Kier molecular flexibility index (Phi) is 2.26. The van der Waals surface area contributed by atoms with Gasteiger partial charge in [0.15, 0.2) is 0 Å². The van der Waals surface area contributed by atoms with Crippen molar-refractivity contribution in [2.45, 2.75) is 6.54 Å². The average molecular weight is 191 g/mol. The number of aromatic nitrogens is 4. The van der Waals surface area contributed by atoms with Crippen LogP contribution in [0, 0.1) is 0 Å². The minimum atomic E-state index is -0.195. The second kappa shape index (κ2) is 3.73. The average Bonchev–Trinajstić information content (AvgIpc) is 2.87. The summed E-state index contributed by atoms with van der Waals surface area (Å²) in [5.41, 5.74) is 0.441. The quantitative estimate of drug-likeness (QED) is 0.641. The van der Waals surface area contributed by atoms with Gasteiger partial charge >= 0.3 is 0 Å². The molecule has 0 unspecified atom stereocenters. The zero-order chi connectivity index (χ0) is 9.80. The van der Waals surface area contributed by atoms with Gasteiger partial charge in [-0.25, -0.2) is 4.98 Å². The van der Waals surface area contributed by atoms with E-state index in [1.807, 2.05) is 0 Å². The van der Waals surface area contributed by atoms with Crippen LogP contribution in [0.4, 0.5) is 0 Å². The maximum absolute atomic E-state index is 11.4. The molecule has 0 fully saturated rings. The van der Waals surface area contributed by atoms with E-state index in [-0.39, 0.29) is 5.91 Å². The van der Waals surface area contributed by atoms with Crippen LogP contribution in [0.25, 0.3) is 0 Å². The Labute approximate surface area is 79.8 Å². The molecule has 2 aromatic heterocycles. The molecule has 0 aliphatic rings. The number of H-pyrrole nitrogens is 2. The smallest absolute Gasteiger partial charge is 0.269 e. The maximum atomic E-state index is 11.4. The molecule has 0 saturated carbocycles. The molecule has 0 bridgehead atoms. The van der Waals surface area contributed by atoms with Crippen molar-refractivity contribution in [3.05, 3.63) is 36.2 Å². The first-order valence-corrected chi connectivity index (χ1v) is 4.12. The first kappa shape index (κ1) is 8.49. The summed E-state index contributed by atoms with van der Waals surface area (Å²) in [6, 6.07) is 1.61. The van der Waals surface area contributed by atoms with Crippen LogP contribution in [0.3, 0.4) is 0 Å². The van der Waals surface area contributed by atoms with Crippen LogP contribution in [0.1, 0.15) is 16.3 Å². The molecule has 0 aromatic carbocycles. The van der Waals surface area contributed by atoms with Crippen molar-refractivity contribution in [3.63, 3.8) is 0 Å². The first-order valence-electron chi connectivity index (χ1n) is 4.12. The van der Waals surface area contributed by atoms with Crippen molar-refractivity contribution in [2.24, 2.45) is 0 Å². The Morgan fingerprint density at radius 1 is 1.50 bits per heavy atom. The first-order chi connectivity index (χ1) is 6.86. The molecule has 6 nitrogen and oxygen atoms in total. The number of hydrogen-bond donors (Lipinski definition) is 3. The van der Waals surface area contributed by atoms with Crippen LogP contribution in [-0.4, -0.2) is 26.1 Å². The Morgan fingerprint density at radius 3 is 3.07 bits per heavy atom. The third kappa shape index (κ3) is 1.79. The monoisotopic (exact) mass is 191 g/mol. The van der Waals surface area contributed by atoms with Crippen molar-refractivity contribution in [1.29, 1.82) is 0 Å². The van der Waals surface area contributed by atoms with E-state index in [0.717, 1.165) is 5.82 Å². The molecule has 72 valence electrons. The van der Waals surface area contributed by atoms with Crippen LogP contribution in [0.2, 0.25) is 0 Å². The van der Waals surface area contributed by atoms with Crippen LogP contribution >= 0.6 is 0 Å². The number of carbonyl (C=O) groups is 1. The number of nitrogens with zero attached hydrogens (tertiary/aromatic N) is 2. The van der Waals surface area contributed by atoms with Gasteiger partial charge in [-0.3, -0.25) is 9.89 Å². The van der Waals surface area contributed by atoms with Gasteiger partial charge in [-0.2, -0.15) is 5.10 Å². The van der Waals surface area contributed by atoms with Crippen molar-refractivity contribution in [3.8, 4) is 0 Å². The van der Waals surface area contributed by atoms with Crippen molar-refractivity contribution in [2.75, 3.05) is 0 Å². The fraction of sp³-hybridized carbons (Fsp3) is 0.125. The summed E-state index contributed by atoms with van der Waals surface area (Å²) in [5.74, 6) is 0.525. The van der Waals surface area contributed by atoms with Crippen LogP contribution in [0.5, 0.6) is 0 Å². The number of aromatic amines is 2. The van der Waals surface area contributed by atoms with Crippen LogP contribution < -0.4 is 5.32 Å². The number of imidazole rings is 1. The molecule has 0 atom stereocenters. The topological polar surface area (TPSA) is 86.5 Å². The highest BCUT2D eigenvalue weighted by Crippen LogP contribution is 1.92. The lowest BCUT2D eigenvalue weighted by Gasteiger charge is -1.99. The minimum absolute atomic E-state index is 0.195. The second-order valence-electron chi connectivity index (χ2n) is 2.69. The van der Waals surface area contributed by atoms with Crippen LogP contribution in [0.15, 0.2) is 24.7 Å². The molecular weight excluding hydrogens is 182 g/mol. The lowest BCUT2D eigenvalue weighted by molar-refractivity contribution is 0.0945. The number of nitrogens with one attached hydrogen (secondary N) is 3. The molecule has 2 rings (SSSR count). The highest BCUT2D eigenvalue weighted by Gasteiger charge is 2.05. The van der Waals surface area contributed by atoms with E-state index in [0.29, 0.717) is 12.2 Å². The SMILES string of the molecule is O=C(NCc1ncc[nH]1)c1ccn[nH]1. The van der Waals surface area contributed by atoms with E-state index in [4.69, 9.17) is 0 Å².